The predicted molar refractivity (Wildman–Crippen MR) is 75.8 cm³/mol. The third-order valence-corrected chi connectivity index (χ3v) is 3.23. The predicted octanol–water partition coefficient (Wildman–Crippen LogP) is 4.52. The number of rotatable bonds is 1. The lowest BCUT2D eigenvalue weighted by Gasteiger charge is -2.07. The Kier molecular flexibility index (Phi) is 2.52. The first kappa shape index (κ1) is 10.8. The van der Waals surface area contributed by atoms with Crippen molar-refractivity contribution >= 4 is 10.8 Å². The minimum Gasteiger partial charge on any atom is -0.508 e. The maximum absolute atomic E-state index is 9.65. The van der Waals surface area contributed by atoms with Crippen molar-refractivity contribution in [1.82, 2.24) is 0 Å². The normalized spacial score (nSPS) is 10.7. The van der Waals surface area contributed by atoms with Crippen LogP contribution in [0.15, 0.2) is 60.7 Å². The van der Waals surface area contributed by atoms with Crippen LogP contribution in [0.5, 0.6) is 5.75 Å². The molecule has 3 aromatic carbocycles. The molecule has 3 aromatic rings. The van der Waals surface area contributed by atoms with Crippen LogP contribution in [0.3, 0.4) is 0 Å². The van der Waals surface area contributed by atoms with Gasteiger partial charge in [-0.1, -0.05) is 54.1 Å². The number of aryl methyl sites for hydroxylation is 1. The smallest absolute Gasteiger partial charge is 0.116 e. The fourth-order valence-electron chi connectivity index (χ4n) is 2.25. The lowest BCUT2D eigenvalue weighted by Crippen LogP contribution is -1.82. The number of fused-ring (bicyclic) bond motifs is 1. The van der Waals surface area contributed by atoms with Crippen LogP contribution < -0.4 is 0 Å². The van der Waals surface area contributed by atoms with Crippen molar-refractivity contribution in [3.8, 4) is 16.9 Å². The number of phenolic OH excluding ortho intramolecular Hbond substituents is 1. The van der Waals surface area contributed by atoms with Crippen molar-refractivity contribution in [1.29, 1.82) is 0 Å². The average molecular weight is 234 g/mol. The van der Waals surface area contributed by atoms with Gasteiger partial charge >= 0.3 is 0 Å². The molecule has 0 saturated heterocycles. The van der Waals surface area contributed by atoms with Gasteiger partial charge in [0.25, 0.3) is 0 Å². The molecule has 0 radical (unpaired) electrons. The van der Waals surface area contributed by atoms with Crippen LogP contribution in [-0.2, 0) is 0 Å². The number of phenols is 1. The van der Waals surface area contributed by atoms with E-state index in [9.17, 15) is 5.11 Å². The number of benzene rings is 3. The average Bonchev–Trinajstić information content (AvgIpc) is 2.39. The van der Waals surface area contributed by atoms with Crippen LogP contribution >= 0.6 is 0 Å². The summed E-state index contributed by atoms with van der Waals surface area (Å²) >= 11 is 0. The summed E-state index contributed by atoms with van der Waals surface area (Å²) in [7, 11) is 0. The van der Waals surface area contributed by atoms with E-state index < -0.39 is 0 Å². The topological polar surface area (TPSA) is 20.2 Å². The highest BCUT2D eigenvalue weighted by Crippen LogP contribution is 2.30. The zero-order valence-corrected chi connectivity index (χ0v) is 10.2. The van der Waals surface area contributed by atoms with Gasteiger partial charge in [0.2, 0.25) is 0 Å². The van der Waals surface area contributed by atoms with Crippen LogP contribution in [0.1, 0.15) is 5.56 Å². The number of aromatic hydroxyl groups is 1. The van der Waals surface area contributed by atoms with E-state index in [1.165, 1.54) is 11.1 Å². The van der Waals surface area contributed by atoms with Gasteiger partial charge in [-0.25, -0.2) is 0 Å². The van der Waals surface area contributed by atoms with Crippen molar-refractivity contribution < 1.29 is 5.11 Å². The van der Waals surface area contributed by atoms with E-state index in [-0.39, 0.29) is 0 Å². The van der Waals surface area contributed by atoms with E-state index in [2.05, 4.69) is 49.4 Å². The Morgan fingerprint density at radius 2 is 1.61 bits per heavy atom. The second-order valence-electron chi connectivity index (χ2n) is 4.58. The second-order valence-corrected chi connectivity index (χ2v) is 4.58. The third-order valence-electron chi connectivity index (χ3n) is 3.23. The Bertz CT molecular complexity index is 696. The first-order valence-corrected chi connectivity index (χ1v) is 6.03. The summed E-state index contributed by atoms with van der Waals surface area (Å²) in [6, 6.07) is 20.2. The number of hydrogen-bond donors (Lipinski definition) is 1. The van der Waals surface area contributed by atoms with Crippen LogP contribution in [0.25, 0.3) is 21.9 Å². The highest BCUT2D eigenvalue weighted by Gasteiger charge is 2.04. The molecule has 0 spiro atoms. The third kappa shape index (κ3) is 1.84. The molecule has 0 unspecified atom stereocenters. The molecule has 0 heterocycles. The van der Waals surface area contributed by atoms with Crippen LogP contribution in [0.4, 0.5) is 0 Å². The van der Waals surface area contributed by atoms with Gasteiger partial charge in [0, 0.05) is 0 Å². The fraction of sp³-hybridized carbons (Fsp3) is 0.0588. The fourth-order valence-corrected chi connectivity index (χ4v) is 2.25. The lowest BCUT2D eigenvalue weighted by atomic mass is 9.97. The van der Waals surface area contributed by atoms with Crippen molar-refractivity contribution in [3.63, 3.8) is 0 Å². The lowest BCUT2D eigenvalue weighted by molar-refractivity contribution is 0.476. The van der Waals surface area contributed by atoms with Gasteiger partial charge in [0.1, 0.15) is 5.75 Å². The maximum Gasteiger partial charge on any atom is 0.116 e. The Morgan fingerprint density at radius 1 is 0.833 bits per heavy atom. The van der Waals surface area contributed by atoms with E-state index >= 15 is 0 Å². The maximum atomic E-state index is 9.65. The zero-order chi connectivity index (χ0) is 12.5. The van der Waals surface area contributed by atoms with Crippen molar-refractivity contribution in [2.75, 3.05) is 0 Å². The molecule has 0 aliphatic carbocycles. The van der Waals surface area contributed by atoms with Gasteiger partial charge in [0.05, 0.1) is 0 Å². The molecule has 1 nitrogen and oxygen atoms in total. The minimum atomic E-state index is 0.307. The second kappa shape index (κ2) is 4.19. The van der Waals surface area contributed by atoms with E-state index in [1.54, 1.807) is 6.07 Å². The highest BCUT2D eigenvalue weighted by molar-refractivity contribution is 5.97. The van der Waals surface area contributed by atoms with E-state index in [0.29, 0.717) is 5.75 Å². The van der Waals surface area contributed by atoms with Gasteiger partial charge in [-0.05, 0) is 41.0 Å². The first-order chi connectivity index (χ1) is 8.74. The van der Waals surface area contributed by atoms with E-state index in [1.807, 2.05) is 12.1 Å². The first-order valence-electron chi connectivity index (χ1n) is 6.03. The molecule has 88 valence electrons. The summed E-state index contributed by atoms with van der Waals surface area (Å²) in [4.78, 5) is 0. The summed E-state index contributed by atoms with van der Waals surface area (Å²) in [6.45, 7) is 2.08. The van der Waals surface area contributed by atoms with Gasteiger partial charge in [-0.3, -0.25) is 0 Å². The summed E-state index contributed by atoms with van der Waals surface area (Å²) in [5.41, 5.74) is 3.59. The SMILES string of the molecule is Cc1ccc(-c2cccc3ccc(O)cc23)cc1. The molecule has 1 N–H and O–H groups in total. The molecule has 3 rings (SSSR count). The standard InChI is InChI=1S/C17H14O/c1-12-5-7-14(8-6-12)16-4-2-3-13-9-10-15(18)11-17(13)16/h2-11,18H,1H3. The molecule has 0 amide bonds. The van der Waals surface area contributed by atoms with Crippen LogP contribution in [0, 0.1) is 6.92 Å². The molecular weight excluding hydrogens is 220 g/mol. The zero-order valence-electron chi connectivity index (χ0n) is 10.2. The molecule has 0 aliphatic rings. The summed E-state index contributed by atoms with van der Waals surface area (Å²) in [5, 5.41) is 11.9. The van der Waals surface area contributed by atoms with Crippen molar-refractivity contribution in [2.24, 2.45) is 0 Å². The molecule has 0 bridgehead atoms. The Balaban J connectivity index is 2.28. The quantitative estimate of drug-likeness (QED) is 0.656. The summed E-state index contributed by atoms with van der Waals surface area (Å²) in [5.74, 6) is 0.307. The Morgan fingerprint density at radius 3 is 2.39 bits per heavy atom. The van der Waals surface area contributed by atoms with Gasteiger partial charge < -0.3 is 5.11 Å². The molecule has 1 heteroatoms. The Labute approximate surface area is 106 Å². The molecule has 0 aromatic heterocycles. The van der Waals surface area contributed by atoms with Crippen molar-refractivity contribution in [3.05, 3.63) is 66.2 Å². The van der Waals surface area contributed by atoms with E-state index in [0.717, 1.165) is 16.3 Å². The van der Waals surface area contributed by atoms with Crippen LogP contribution in [0.2, 0.25) is 0 Å². The van der Waals surface area contributed by atoms with Gasteiger partial charge in [-0.15, -0.1) is 0 Å². The summed E-state index contributed by atoms with van der Waals surface area (Å²) in [6.07, 6.45) is 0. The highest BCUT2D eigenvalue weighted by atomic mass is 16.3. The van der Waals surface area contributed by atoms with Gasteiger partial charge in [-0.2, -0.15) is 0 Å². The Hall–Kier alpha value is -2.28. The monoisotopic (exact) mass is 234 g/mol. The number of hydrogen-bond acceptors (Lipinski definition) is 1. The molecule has 0 aliphatic heterocycles. The molecule has 0 fully saturated rings. The molecule has 18 heavy (non-hydrogen) atoms. The minimum absolute atomic E-state index is 0.307. The van der Waals surface area contributed by atoms with Crippen LogP contribution in [-0.4, -0.2) is 5.11 Å². The van der Waals surface area contributed by atoms with E-state index in [4.69, 9.17) is 0 Å². The summed E-state index contributed by atoms with van der Waals surface area (Å²) < 4.78 is 0. The largest absolute Gasteiger partial charge is 0.508 e. The molecule has 0 saturated carbocycles. The van der Waals surface area contributed by atoms with Gasteiger partial charge in [0.15, 0.2) is 0 Å². The van der Waals surface area contributed by atoms with Crippen molar-refractivity contribution in [2.45, 2.75) is 6.92 Å². The molecule has 0 atom stereocenters. The molecular formula is C17H14O.